The van der Waals surface area contributed by atoms with Gasteiger partial charge in [-0.15, -0.1) is 0 Å². The lowest BCUT2D eigenvalue weighted by Gasteiger charge is -2.10. The summed E-state index contributed by atoms with van der Waals surface area (Å²) in [7, 11) is 0. The van der Waals surface area contributed by atoms with Gasteiger partial charge < -0.3 is 5.32 Å². The molecule has 1 N–H and O–H groups in total. The first kappa shape index (κ1) is 13.8. The van der Waals surface area contributed by atoms with E-state index in [0.717, 1.165) is 27.7 Å². The molecule has 0 radical (unpaired) electrons. The first-order valence-electron chi connectivity index (χ1n) is 6.27. The van der Waals surface area contributed by atoms with E-state index in [4.69, 9.17) is 0 Å². The third-order valence-corrected chi connectivity index (χ3v) is 3.93. The molecular weight excluding hydrogens is 302 g/mol. The molecule has 0 aliphatic carbocycles. The summed E-state index contributed by atoms with van der Waals surface area (Å²) < 4.78 is 0.948. The number of hydrogen-bond donors (Lipinski definition) is 1. The van der Waals surface area contributed by atoms with Crippen molar-refractivity contribution in [3.05, 3.63) is 63.6 Å². The van der Waals surface area contributed by atoms with E-state index in [1.807, 2.05) is 49.4 Å². The van der Waals surface area contributed by atoms with Gasteiger partial charge in [-0.2, -0.15) is 0 Å². The van der Waals surface area contributed by atoms with Crippen molar-refractivity contribution in [3.8, 4) is 0 Å². The zero-order valence-electron chi connectivity index (χ0n) is 11.0. The van der Waals surface area contributed by atoms with Crippen LogP contribution in [0, 0.1) is 6.92 Å². The largest absolute Gasteiger partial charge is 0.322 e. The molecule has 0 saturated carbocycles. The van der Waals surface area contributed by atoms with Crippen molar-refractivity contribution in [2.24, 2.45) is 0 Å². The van der Waals surface area contributed by atoms with Gasteiger partial charge in [0, 0.05) is 15.7 Å². The Bertz CT molecular complexity index is 607. The topological polar surface area (TPSA) is 29.1 Å². The maximum Gasteiger partial charge on any atom is 0.255 e. The van der Waals surface area contributed by atoms with Crippen LogP contribution < -0.4 is 5.32 Å². The molecule has 0 saturated heterocycles. The van der Waals surface area contributed by atoms with Crippen molar-refractivity contribution < 1.29 is 4.79 Å². The van der Waals surface area contributed by atoms with Crippen molar-refractivity contribution in [1.82, 2.24) is 0 Å². The Kier molecular flexibility index (Phi) is 4.38. The van der Waals surface area contributed by atoms with E-state index in [0.29, 0.717) is 5.56 Å². The minimum Gasteiger partial charge on any atom is -0.322 e. The quantitative estimate of drug-likeness (QED) is 0.882. The molecule has 2 rings (SSSR count). The van der Waals surface area contributed by atoms with Gasteiger partial charge in [0.1, 0.15) is 0 Å². The summed E-state index contributed by atoms with van der Waals surface area (Å²) in [4.78, 5) is 12.2. The van der Waals surface area contributed by atoms with Gasteiger partial charge in [0.25, 0.3) is 5.91 Å². The van der Waals surface area contributed by atoms with E-state index < -0.39 is 0 Å². The molecule has 0 aliphatic rings. The Morgan fingerprint density at radius 1 is 1.21 bits per heavy atom. The van der Waals surface area contributed by atoms with Crippen LogP contribution in [0.1, 0.15) is 28.4 Å². The Labute approximate surface area is 122 Å². The monoisotopic (exact) mass is 317 g/mol. The first-order valence-corrected chi connectivity index (χ1v) is 7.06. The van der Waals surface area contributed by atoms with Crippen molar-refractivity contribution >= 4 is 27.5 Å². The minimum atomic E-state index is -0.0819. The number of amides is 1. The van der Waals surface area contributed by atoms with Gasteiger partial charge in [0.2, 0.25) is 0 Å². The SMILES string of the molecule is CCc1ccccc1NC(=O)c1ccc(C)c(Br)c1. The number of carbonyl (C=O) groups excluding carboxylic acids is 1. The Balaban J connectivity index is 2.23. The second-order valence-corrected chi connectivity index (χ2v) is 5.28. The van der Waals surface area contributed by atoms with Crippen molar-refractivity contribution in [2.75, 3.05) is 5.32 Å². The molecule has 0 fully saturated rings. The molecule has 1 amide bonds. The summed E-state index contributed by atoms with van der Waals surface area (Å²) in [6, 6.07) is 13.5. The van der Waals surface area contributed by atoms with Crippen LogP contribution in [0.2, 0.25) is 0 Å². The van der Waals surface area contributed by atoms with E-state index in [2.05, 4.69) is 28.2 Å². The smallest absolute Gasteiger partial charge is 0.255 e. The molecule has 0 spiro atoms. The number of hydrogen-bond acceptors (Lipinski definition) is 1. The van der Waals surface area contributed by atoms with Crippen molar-refractivity contribution in [3.63, 3.8) is 0 Å². The lowest BCUT2D eigenvalue weighted by atomic mass is 10.1. The predicted molar refractivity (Wildman–Crippen MR) is 82.7 cm³/mol. The number of nitrogens with one attached hydrogen (secondary N) is 1. The molecule has 98 valence electrons. The number of benzene rings is 2. The standard InChI is InChI=1S/C16H16BrNO/c1-3-12-6-4-5-7-15(12)18-16(19)13-9-8-11(2)14(17)10-13/h4-10H,3H2,1-2H3,(H,18,19). The number of carbonyl (C=O) groups is 1. The van der Waals surface area contributed by atoms with Crippen molar-refractivity contribution in [1.29, 1.82) is 0 Å². The molecule has 2 nitrogen and oxygen atoms in total. The predicted octanol–water partition coefficient (Wildman–Crippen LogP) is 4.57. The summed E-state index contributed by atoms with van der Waals surface area (Å²) in [5.74, 6) is -0.0819. The molecule has 0 heterocycles. The highest BCUT2D eigenvalue weighted by Gasteiger charge is 2.09. The van der Waals surface area contributed by atoms with Gasteiger partial charge >= 0.3 is 0 Å². The van der Waals surface area contributed by atoms with Crippen molar-refractivity contribution in [2.45, 2.75) is 20.3 Å². The Hall–Kier alpha value is -1.61. The van der Waals surface area contributed by atoms with Gasteiger partial charge in [-0.3, -0.25) is 4.79 Å². The lowest BCUT2D eigenvalue weighted by Crippen LogP contribution is -2.13. The van der Waals surface area contributed by atoms with Gasteiger partial charge in [-0.25, -0.2) is 0 Å². The van der Waals surface area contributed by atoms with E-state index in [9.17, 15) is 4.79 Å². The highest BCUT2D eigenvalue weighted by atomic mass is 79.9. The molecular formula is C16H16BrNO. The molecule has 2 aromatic carbocycles. The van der Waals surface area contributed by atoms with Crippen LogP contribution in [-0.4, -0.2) is 5.91 Å². The summed E-state index contributed by atoms with van der Waals surface area (Å²) >= 11 is 3.45. The maximum absolute atomic E-state index is 12.2. The summed E-state index contributed by atoms with van der Waals surface area (Å²) in [5, 5.41) is 2.96. The fourth-order valence-electron chi connectivity index (χ4n) is 1.88. The second kappa shape index (κ2) is 6.02. The molecule has 3 heteroatoms. The zero-order valence-corrected chi connectivity index (χ0v) is 12.6. The van der Waals surface area contributed by atoms with Crippen LogP contribution >= 0.6 is 15.9 Å². The average Bonchev–Trinajstić information content (AvgIpc) is 2.42. The van der Waals surface area contributed by atoms with E-state index in [1.165, 1.54) is 0 Å². The van der Waals surface area contributed by atoms with E-state index in [-0.39, 0.29) is 5.91 Å². The van der Waals surface area contributed by atoms with Gasteiger partial charge in [-0.1, -0.05) is 47.1 Å². The third-order valence-electron chi connectivity index (χ3n) is 3.08. The van der Waals surface area contributed by atoms with Crippen LogP contribution in [0.3, 0.4) is 0 Å². The van der Waals surface area contributed by atoms with Crippen LogP contribution in [0.4, 0.5) is 5.69 Å². The number of rotatable bonds is 3. The normalized spacial score (nSPS) is 10.3. The highest BCUT2D eigenvalue weighted by molar-refractivity contribution is 9.10. The zero-order chi connectivity index (χ0) is 13.8. The minimum absolute atomic E-state index is 0.0819. The molecule has 2 aromatic rings. The fourth-order valence-corrected chi connectivity index (χ4v) is 2.26. The van der Waals surface area contributed by atoms with Gasteiger partial charge in [-0.05, 0) is 42.7 Å². The maximum atomic E-state index is 12.2. The Morgan fingerprint density at radius 3 is 2.63 bits per heavy atom. The molecule has 0 unspecified atom stereocenters. The number of halogens is 1. The van der Waals surface area contributed by atoms with Crippen LogP contribution in [-0.2, 0) is 6.42 Å². The number of aryl methyl sites for hydroxylation is 2. The summed E-state index contributed by atoms with van der Waals surface area (Å²) in [6.45, 7) is 4.08. The molecule has 19 heavy (non-hydrogen) atoms. The second-order valence-electron chi connectivity index (χ2n) is 4.43. The molecule has 0 bridgehead atoms. The number of anilines is 1. The molecule has 0 aromatic heterocycles. The van der Waals surface area contributed by atoms with Crippen LogP contribution in [0.15, 0.2) is 46.9 Å². The first-order chi connectivity index (χ1) is 9.11. The number of para-hydroxylation sites is 1. The molecule has 0 aliphatic heterocycles. The molecule has 0 atom stereocenters. The van der Waals surface area contributed by atoms with E-state index in [1.54, 1.807) is 0 Å². The van der Waals surface area contributed by atoms with Gasteiger partial charge in [0.05, 0.1) is 0 Å². The highest BCUT2D eigenvalue weighted by Crippen LogP contribution is 2.20. The summed E-state index contributed by atoms with van der Waals surface area (Å²) in [6.07, 6.45) is 0.897. The van der Waals surface area contributed by atoms with E-state index >= 15 is 0 Å². The lowest BCUT2D eigenvalue weighted by molar-refractivity contribution is 0.102. The van der Waals surface area contributed by atoms with Crippen LogP contribution in [0.5, 0.6) is 0 Å². The van der Waals surface area contributed by atoms with Crippen LogP contribution in [0.25, 0.3) is 0 Å². The summed E-state index contributed by atoms with van der Waals surface area (Å²) in [5.41, 5.74) is 3.79. The third kappa shape index (κ3) is 3.24. The average molecular weight is 318 g/mol. The fraction of sp³-hybridized carbons (Fsp3) is 0.188. The van der Waals surface area contributed by atoms with Gasteiger partial charge in [0.15, 0.2) is 0 Å². The Morgan fingerprint density at radius 2 is 1.95 bits per heavy atom.